The van der Waals surface area contributed by atoms with Crippen LogP contribution in [0.25, 0.3) is 0 Å². The van der Waals surface area contributed by atoms with Gasteiger partial charge in [0.2, 0.25) is 0 Å². The van der Waals surface area contributed by atoms with E-state index in [2.05, 4.69) is 41.3 Å². The lowest BCUT2D eigenvalue weighted by Crippen LogP contribution is -2.39. The van der Waals surface area contributed by atoms with E-state index < -0.39 is 11.9 Å². The van der Waals surface area contributed by atoms with Gasteiger partial charge in [0.05, 0.1) is 11.5 Å². The predicted octanol–water partition coefficient (Wildman–Crippen LogP) is 3.67. The Kier molecular flexibility index (Phi) is 8.46. The molecule has 2 aliphatic rings. The van der Waals surface area contributed by atoms with Crippen LogP contribution in [0.4, 0.5) is 0 Å². The van der Waals surface area contributed by atoms with E-state index in [1.807, 2.05) is 0 Å². The Balaban J connectivity index is 0.000000409. The van der Waals surface area contributed by atoms with Crippen molar-refractivity contribution in [2.24, 2.45) is 5.92 Å². The van der Waals surface area contributed by atoms with Crippen molar-refractivity contribution in [3.05, 3.63) is 35.9 Å². The first-order chi connectivity index (χ1) is 13.5. The summed E-state index contributed by atoms with van der Waals surface area (Å²) in [5.74, 6) is -3.10. The zero-order valence-corrected chi connectivity index (χ0v) is 16.3. The van der Waals surface area contributed by atoms with E-state index in [1.54, 1.807) is 0 Å². The standard InChI is InChI=1S/C20H28N2.C2H2O4/c21-17-20(19-11-5-6-12-19,18-9-3-1-4-10-18)13-16-22-14-7-2-8-15-22;3-1(4)2(5)6/h1,3-4,9-10,19H,2,5-8,11-16H2;(H,3,4)(H,5,6). The molecule has 1 heterocycles. The molecular formula is C22H30N2O4. The highest BCUT2D eigenvalue weighted by Gasteiger charge is 2.42. The highest BCUT2D eigenvalue weighted by molar-refractivity contribution is 6.27. The first kappa shape index (κ1) is 21.9. The lowest BCUT2D eigenvalue weighted by atomic mass is 9.68. The molecule has 1 aromatic rings. The van der Waals surface area contributed by atoms with Crippen LogP contribution in [-0.4, -0.2) is 46.7 Å². The van der Waals surface area contributed by atoms with E-state index in [0.29, 0.717) is 5.92 Å². The number of hydrogen-bond donors (Lipinski definition) is 2. The highest BCUT2D eigenvalue weighted by atomic mass is 16.4. The van der Waals surface area contributed by atoms with Gasteiger partial charge in [-0.1, -0.05) is 49.6 Å². The fourth-order valence-electron chi connectivity index (χ4n) is 4.47. The monoisotopic (exact) mass is 386 g/mol. The summed E-state index contributed by atoms with van der Waals surface area (Å²) in [5.41, 5.74) is 0.983. The molecule has 1 aliphatic heterocycles. The number of benzene rings is 1. The maximum absolute atomic E-state index is 10.2. The van der Waals surface area contributed by atoms with Crippen molar-refractivity contribution in [3.63, 3.8) is 0 Å². The maximum Gasteiger partial charge on any atom is 0.414 e. The fraction of sp³-hybridized carbons (Fsp3) is 0.591. The molecule has 1 saturated carbocycles. The molecule has 152 valence electrons. The smallest absolute Gasteiger partial charge is 0.414 e. The van der Waals surface area contributed by atoms with Gasteiger partial charge in [0.1, 0.15) is 0 Å². The van der Waals surface area contributed by atoms with Crippen LogP contribution in [-0.2, 0) is 15.0 Å². The van der Waals surface area contributed by atoms with Crippen molar-refractivity contribution in [2.45, 2.75) is 56.8 Å². The topological polar surface area (TPSA) is 102 Å². The van der Waals surface area contributed by atoms with Gasteiger partial charge in [0.15, 0.2) is 0 Å². The lowest BCUT2D eigenvalue weighted by Gasteiger charge is -2.36. The molecule has 1 aliphatic carbocycles. The van der Waals surface area contributed by atoms with Gasteiger partial charge in [0, 0.05) is 0 Å². The van der Waals surface area contributed by atoms with Crippen LogP contribution >= 0.6 is 0 Å². The quantitative estimate of drug-likeness (QED) is 0.749. The third-order valence-electron chi connectivity index (χ3n) is 5.99. The van der Waals surface area contributed by atoms with Crippen LogP contribution < -0.4 is 0 Å². The molecule has 28 heavy (non-hydrogen) atoms. The van der Waals surface area contributed by atoms with Gasteiger partial charge in [-0.3, -0.25) is 0 Å². The molecular weight excluding hydrogens is 356 g/mol. The Bertz CT molecular complexity index is 662. The molecule has 0 aromatic heterocycles. The van der Waals surface area contributed by atoms with E-state index in [0.717, 1.165) is 13.0 Å². The molecule has 1 aromatic carbocycles. The average Bonchev–Trinajstić information content (AvgIpc) is 3.26. The molecule has 0 radical (unpaired) electrons. The zero-order chi connectivity index (χ0) is 20.4. The molecule has 1 unspecified atom stereocenters. The molecule has 0 spiro atoms. The summed E-state index contributed by atoms with van der Waals surface area (Å²) in [7, 11) is 0. The van der Waals surface area contributed by atoms with Crippen molar-refractivity contribution in [3.8, 4) is 6.07 Å². The number of nitriles is 1. The summed E-state index contributed by atoms with van der Waals surface area (Å²) < 4.78 is 0. The Morgan fingerprint density at radius 3 is 2.07 bits per heavy atom. The van der Waals surface area contributed by atoms with Gasteiger partial charge in [-0.05, 0) is 63.2 Å². The minimum atomic E-state index is -1.82. The summed E-state index contributed by atoms with van der Waals surface area (Å²) in [6.07, 6.45) is 10.1. The van der Waals surface area contributed by atoms with Gasteiger partial charge in [-0.15, -0.1) is 0 Å². The highest BCUT2D eigenvalue weighted by Crippen LogP contribution is 2.44. The normalized spacial score (nSPS) is 19.7. The number of piperidine rings is 1. The van der Waals surface area contributed by atoms with Crippen LogP contribution in [0.1, 0.15) is 56.9 Å². The SMILES string of the molecule is N#CC(CCN1CCCCC1)(c1ccccc1)C1CCCC1.O=C(O)C(=O)O. The van der Waals surface area contributed by atoms with Crippen LogP contribution in [0.3, 0.4) is 0 Å². The number of carbonyl (C=O) groups is 2. The molecule has 1 saturated heterocycles. The molecule has 3 rings (SSSR count). The second-order valence-electron chi connectivity index (χ2n) is 7.69. The van der Waals surface area contributed by atoms with Crippen LogP contribution in [0.15, 0.2) is 30.3 Å². The average molecular weight is 386 g/mol. The second kappa shape index (κ2) is 10.8. The van der Waals surface area contributed by atoms with Crippen molar-refractivity contribution in [1.82, 2.24) is 4.90 Å². The molecule has 2 N–H and O–H groups in total. The Hall–Kier alpha value is -2.39. The van der Waals surface area contributed by atoms with Crippen molar-refractivity contribution in [2.75, 3.05) is 19.6 Å². The Morgan fingerprint density at radius 1 is 1.00 bits per heavy atom. The largest absolute Gasteiger partial charge is 0.473 e. The van der Waals surface area contributed by atoms with E-state index in [1.165, 1.54) is 63.6 Å². The number of likely N-dealkylation sites (tertiary alicyclic amines) is 1. The number of hydrogen-bond acceptors (Lipinski definition) is 4. The van der Waals surface area contributed by atoms with E-state index >= 15 is 0 Å². The van der Waals surface area contributed by atoms with Gasteiger partial charge in [-0.25, -0.2) is 9.59 Å². The summed E-state index contributed by atoms with van der Waals surface area (Å²) in [6, 6.07) is 13.4. The van der Waals surface area contributed by atoms with Crippen molar-refractivity contribution >= 4 is 11.9 Å². The van der Waals surface area contributed by atoms with Gasteiger partial charge in [0.25, 0.3) is 0 Å². The van der Waals surface area contributed by atoms with Crippen LogP contribution in [0.5, 0.6) is 0 Å². The molecule has 0 amide bonds. The molecule has 2 fully saturated rings. The lowest BCUT2D eigenvalue weighted by molar-refractivity contribution is -0.159. The predicted molar refractivity (Wildman–Crippen MR) is 106 cm³/mol. The maximum atomic E-state index is 10.2. The van der Waals surface area contributed by atoms with Crippen LogP contribution in [0.2, 0.25) is 0 Å². The van der Waals surface area contributed by atoms with Gasteiger partial charge in [-0.2, -0.15) is 5.26 Å². The third kappa shape index (κ3) is 5.80. The Labute approximate surface area is 166 Å². The summed E-state index contributed by atoms with van der Waals surface area (Å²) in [4.78, 5) is 20.8. The minimum absolute atomic E-state index is 0.269. The number of carboxylic acid groups (broad SMARTS) is 2. The van der Waals surface area contributed by atoms with Crippen LogP contribution in [0, 0.1) is 17.2 Å². The molecule has 6 heteroatoms. The third-order valence-corrected chi connectivity index (χ3v) is 5.99. The molecule has 6 nitrogen and oxygen atoms in total. The summed E-state index contributed by atoms with van der Waals surface area (Å²) in [6.45, 7) is 3.53. The molecule has 1 atom stereocenters. The van der Waals surface area contributed by atoms with Crippen molar-refractivity contribution in [1.29, 1.82) is 5.26 Å². The fourth-order valence-corrected chi connectivity index (χ4v) is 4.47. The minimum Gasteiger partial charge on any atom is -0.473 e. The number of carboxylic acids is 2. The second-order valence-corrected chi connectivity index (χ2v) is 7.69. The van der Waals surface area contributed by atoms with Crippen molar-refractivity contribution < 1.29 is 19.8 Å². The zero-order valence-electron chi connectivity index (χ0n) is 16.3. The van der Waals surface area contributed by atoms with E-state index in [4.69, 9.17) is 19.8 Å². The summed E-state index contributed by atoms with van der Waals surface area (Å²) in [5, 5.41) is 24.9. The first-order valence-electron chi connectivity index (χ1n) is 10.1. The number of rotatable bonds is 5. The van der Waals surface area contributed by atoms with E-state index in [9.17, 15) is 5.26 Å². The van der Waals surface area contributed by atoms with Gasteiger partial charge >= 0.3 is 11.9 Å². The summed E-state index contributed by atoms with van der Waals surface area (Å²) >= 11 is 0. The number of nitrogens with zero attached hydrogens (tertiary/aromatic N) is 2. The first-order valence-corrected chi connectivity index (χ1v) is 10.1. The van der Waals surface area contributed by atoms with Gasteiger partial charge < -0.3 is 15.1 Å². The molecule has 0 bridgehead atoms. The van der Waals surface area contributed by atoms with E-state index in [-0.39, 0.29) is 5.41 Å². The number of aliphatic carboxylic acids is 2. The Morgan fingerprint density at radius 2 is 1.57 bits per heavy atom.